The van der Waals surface area contributed by atoms with E-state index < -0.39 is 0 Å². The summed E-state index contributed by atoms with van der Waals surface area (Å²) < 4.78 is 0. The lowest BCUT2D eigenvalue weighted by Gasteiger charge is -1.92. The Labute approximate surface area is 97.4 Å². The molecule has 0 heterocycles. The van der Waals surface area contributed by atoms with Crippen LogP contribution in [-0.4, -0.2) is 27.2 Å². The molecule has 0 fully saturated rings. The fourth-order valence-electron chi connectivity index (χ4n) is 0.635. The van der Waals surface area contributed by atoms with Gasteiger partial charge in [0.2, 0.25) is 0 Å². The number of rotatable bonds is 4. The summed E-state index contributed by atoms with van der Waals surface area (Å²) in [5.41, 5.74) is 5.47. The molecular formula is C10H20Cl2N2. The Morgan fingerprint density at radius 2 is 1.21 bits per heavy atom. The predicted octanol–water partition coefficient (Wildman–Crippen LogP) is 2.70. The van der Waals surface area contributed by atoms with E-state index in [2.05, 4.69) is 10.6 Å². The summed E-state index contributed by atoms with van der Waals surface area (Å²) in [5, 5.41) is 5.93. The number of hydrogen-bond acceptors (Lipinski definition) is 2. The Morgan fingerprint density at radius 3 is 1.29 bits per heavy atom. The average Bonchev–Trinajstić information content (AvgIpc) is 2.19. The molecule has 0 saturated heterocycles. The van der Waals surface area contributed by atoms with Crippen molar-refractivity contribution in [1.82, 2.24) is 10.6 Å². The Kier molecular flexibility index (Phi) is 15.2. The fourth-order valence-corrected chi connectivity index (χ4v) is 0.789. The summed E-state index contributed by atoms with van der Waals surface area (Å²) in [6.45, 7) is 5.71. The van der Waals surface area contributed by atoms with Gasteiger partial charge in [0.25, 0.3) is 0 Å². The first-order valence-electron chi connectivity index (χ1n) is 4.43. The van der Waals surface area contributed by atoms with E-state index in [1.54, 1.807) is 11.1 Å². The van der Waals surface area contributed by atoms with Crippen molar-refractivity contribution in [2.45, 2.75) is 13.8 Å². The third-order valence-corrected chi connectivity index (χ3v) is 2.03. The lowest BCUT2D eigenvalue weighted by molar-refractivity contribution is 0.882. The first-order chi connectivity index (χ1) is 6.62. The van der Waals surface area contributed by atoms with Crippen LogP contribution in [0.1, 0.15) is 13.8 Å². The molecule has 0 aromatic rings. The second-order valence-electron chi connectivity index (χ2n) is 2.97. The highest BCUT2D eigenvalue weighted by atomic mass is 35.5. The maximum Gasteiger partial charge on any atom is 0.0170 e. The summed E-state index contributed by atoms with van der Waals surface area (Å²) in [6.07, 6.45) is 0. The number of nitrogens with one attached hydrogen (secondary N) is 2. The van der Waals surface area contributed by atoms with Crippen LogP contribution < -0.4 is 10.6 Å². The molecule has 0 saturated carbocycles. The van der Waals surface area contributed by atoms with Crippen molar-refractivity contribution in [1.29, 1.82) is 0 Å². The van der Waals surface area contributed by atoms with Gasteiger partial charge in [0, 0.05) is 24.2 Å². The van der Waals surface area contributed by atoms with Crippen molar-refractivity contribution in [2.24, 2.45) is 0 Å². The normalized spacial score (nSPS) is 12.1. The smallest absolute Gasteiger partial charge is 0.0170 e. The van der Waals surface area contributed by atoms with Crippen molar-refractivity contribution in [3.8, 4) is 0 Å². The molecule has 14 heavy (non-hydrogen) atoms. The second kappa shape index (κ2) is 13.0. The van der Waals surface area contributed by atoms with Crippen molar-refractivity contribution < 1.29 is 0 Å². The van der Waals surface area contributed by atoms with Crippen LogP contribution in [0.2, 0.25) is 0 Å². The van der Waals surface area contributed by atoms with Crippen LogP contribution in [0.3, 0.4) is 0 Å². The van der Waals surface area contributed by atoms with Gasteiger partial charge >= 0.3 is 0 Å². The highest BCUT2D eigenvalue weighted by molar-refractivity contribution is 6.25. The van der Waals surface area contributed by atoms with E-state index in [9.17, 15) is 0 Å². The van der Waals surface area contributed by atoms with E-state index in [-0.39, 0.29) is 0 Å². The minimum absolute atomic E-state index is 0.878. The van der Waals surface area contributed by atoms with Gasteiger partial charge in [-0.25, -0.2) is 0 Å². The van der Waals surface area contributed by atoms with Gasteiger partial charge in [0.05, 0.1) is 0 Å². The van der Waals surface area contributed by atoms with Gasteiger partial charge in [-0.3, -0.25) is 0 Å². The van der Waals surface area contributed by atoms with Crippen LogP contribution >= 0.6 is 23.2 Å². The third-order valence-electron chi connectivity index (χ3n) is 1.28. The molecule has 0 aliphatic rings. The maximum absolute atomic E-state index is 5.33. The van der Waals surface area contributed by atoms with Crippen LogP contribution in [0.25, 0.3) is 0 Å². The highest BCUT2D eigenvalue weighted by Gasteiger charge is 1.80. The lowest BCUT2D eigenvalue weighted by Crippen LogP contribution is -2.07. The van der Waals surface area contributed by atoms with E-state index in [1.165, 1.54) is 0 Å². The van der Waals surface area contributed by atoms with Gasteiger partial charge in [-0.05, 0) is 39.1 Å². The zero-order valence-corrected chi connectivity index (χ0v) is 10.8. The Bertz CT molecular complexity index is 157. The topological polar surface area (TPSA) is 24.1 Å². The van der Waals surface area contributed by atoms with Gasteiger partial charge in [0.1, 0.15) is 0 Å². The minimum atomic E-state index is 0.878. The molecule has 2 nitrogen and oxygen atoms in total. The molecule has 0 aromatic heterocycles. The first kappa shape index (κ1) is 16.4. The molecule has 0 amide bonds. The molecule has 0 atom stereocenters. The first-order valence-corrected chi connectivity index (χ1v) is 5.30. The predicted molar refractivity (Wildman–Crippen MR) is 67.1 cm³/mol. The summed E-state index contributed by atoms with van der Waals surface area (Å²) >= 11 is 10.7. The number of halogens is 2. The van der Waals surface area contributed by atoms with Gasteiger partial charge in [0.15, 0.2) is 0 Å². The summed E-state index contributed by atoms with van der Waals surface area (Å²) in [5.74, 6) is 0. The van der Waals surface area contributed by atoms with Gasteiger partial charge in [-0.1, -0.05) is 23.2 Å². The summed E-state index contributed by atoms with van der Waals surface area (Å²) in [4.78, 5) is 0. The monoisotopic (exact) mass is 238 g/mol. The zero-order chi connectivity index (χ0) is 11.4. The zero-order valence-electron chi connectivity index (χ0n) is 9.32. The maximum atomic E-state index is 5.33. The van der Waals surface area contributed by atoms with E-state index >= 15 is 0 Å². The van der Waals surface area contributed by atoms with Crippen molar-refractivity contribution in [2.75, 3.05) is 27.2 Å². The van der Waals surface area contributed by atoms with Crippen LogP contribution in [0.15, 0.2) is 22.2 Å². The summed E-state index contributed by atoms with van der Waals surface area (Å²) in [6, 6.07) is 0. The van der Waals surface area contributed by atoms with Gasteiger partial charge in [-0.2, -0.15) is 0 Å². The van der Waals surface area contributed by atoms with Gasteiger partial charge < -0.3 is 10.6 Å². The van der Waals surface area contributed by atoms with Crippen molar-refractivity contribution in [3.05, 3.63) is 22.2 Å². The van der Waals surface area contributed by atoms with E-state index in [0.717, 1.165) is 24.2 Å². The average molecular weight is 239 g/mol. The van der Waals surface area contributed by atoms with E-state index in [1.807, 2.05) is 27.9 Å². The number of hydrogen-bond donors (Lipinski definition) is 2. The molecule has 0 spiro atoms. The molecule has 0 aliphatic carbocycles. The van der Waals surface area contributed by atoms with Crippen molar-refractivity contribution >= 4 is 23.2 Å². The SMILES string of the molecule is CNCC(C)=CCl.CNCC(C)=CCl. The highest BCUT2D eigenvalue weighted by Crippen LogP contribution is 1.90. The van der Waals surface area contributed by atoms with E-state index in [0.29, 0.717) is 0 Å². The Morgan fingerprint density at radius 1 is 0.929 bits per heavy atom. The Balaban J connectivity index is 0. The Hall–Kier alpha value is -0.0200. The molecule has 0 aliphatic heterocycles. The molecule has 0 rings (SSSR count). The molecule has 84 valence electrons. The standard InChI is InChI=1S/2C5H10ClN/c2*1-5(3-6)4-7-2/h2*3,7H,4H2,1-2H3. The molecule has 0 radical (unpaired) electrons. The molecule has 2 N–H and O–H groups in total. The molecule has 0 aromatic carbocycles. The van der Waals surface area contributed by atoms with Crippen LogP contribution in [-0.2, 0) is 0 Å². The van der Waals surface area contributed by atoms with Gasteiger partial charge in [-0.15, -0.1) is 0 Å². The van der Waals surface area contributed by atoms with Crippen LogP contribution in [0.4, 0.5) is 0 Å². The fraction of sp³-hybridized carbons (Fsp3) is 0.600. The third kappa shape index (κ3) is 14.5. The lowest BCUT2D eigenvalue weighted by atomic mass is 10.4. The molecule has 0 bridgehead atoms. The molecule has 4 heteroatoms. The molecular weight excluding hydrogens is 219 g/mol. The summed E-state index contributed by atoms with van der Waals surface area (Å²) in [7, 11) is 3.79. The van der Waals surface area contributed by atoms with E-state index in [4.69, 9.17) is 23.2 Å². The quantitative estimate of drug-likeness (QED) is 0.788. The van der Waals surface area contributed by atoms with Crippen LogP contribution in [0.5, 0.6) is 0 Å². The molecule has 0 unspecified atom stereocenters. The van der Waals surface area contributed by atoms with Crippen LogP contribution in [0, 0.1) is 0 Å². The minimum Gasteiger partial charge on any atom is -0.316 e. The number of likely N-dealkylation sites (N-methyl/N-ethyl adjacent to an activating group) is 2. The van der Waals surface area contributed by atoms with Crippen molar-refractivity contribution in [3.63, 3.8) is 0 Å². The second-order valence-corrected chi connectivity index (χ2v) is 3.41. The largest absolute Gasteiger partial charge is 0.316 e.